The molecule has 0 aromatic heterocycles. The number of nitrogens with zero attached hydrogens (tertiary/aromatic N) is 3. The maximum absolute atomic E-state index is 13.2. The number of carbonyl (C=O) groups is 3. The molecule has 0 bridgehead atoms. The third-order valence-corrected chi connectivity index (χ3v) is 6.78. The lowest BCUT2D eigenvalue weighted by Gasteiger charge is -2.36. The summed E-state index contributed by atoms with van der Waals surface area (Å²) >= 11 is 0. The first-order valence-electron chi connectivity index (χ1n) is 13.1. The number of ether oxygens (including phenoxy) is 1. The Labute approximate surface area is 214 Å². The van der Waals surface area contributed by atoms with Crippen molar-refractivity contribution < 1.29 is 19.1 Å². The summed E-state index contributed by atoms with van der Waals surface area (Å²) in [5.74, 6) is -0.0407. The number of rotatable bonds is 8. The van der Waals surface area contributed by atoms with Crippen LogP contribution in [-0.2, 0) is 9.53 Å². The average Bonchev–Trinajstić information content (AvgIpc) is 3.11. The minimum Gasteiger partial charge on any atom is -0.463 e. The van der Waals surface area contributed by atoms with E-state index in [-0.39, 0.29) is 18.7 Å². The van der Waals surface area contributed by atoms with Gasteiger partial charge in [-0.2, -0.15) is 0 Å². The molecule has 1 saturated heterocycles. The van der Waals surface area contributed by atoms with E-state index in [2.05, 4.69) is 29.4 Å². The van der Waals surface area contributed by atoms with Gasteiger partial charge in [-0.15, -0.1) is 0 Å². The Kier molecular flexibility index (Phi) is 9.75. The van der Waals surface area contributed by atoms with Crippen molar-refractivity contribution in [3.63, 3.8) is 0 Å². The van der Waals surface area contributed by atoms with Gasteiger partial charge in [-0.1, -0.05) is 45.0 Å². The van der Waals surface area contributed by atoms with Crippen LogP contribution in [-0.4, -0.2) is 85.7 Å². The number of urea groups is 2. The Bertz CT molecular complexity index is 959. The number of hydrogen-bond acceptors (Lipinski definition) is 5. The molecule has 0 saturated carbocycles. The van der Waals surface area contributed by atoms with E-state index in [4.69, 9.17) is 4.74 Å². The minimum absolute atomic E-state index is 0.0378. The van der Waals surface area contributed by atoms with Crippen LogP contribution >= 0.6 is 0 Å². The third-order valence-electron chi connectivity index (χ3n) is 6.78. The molecule has 2 aliphatic heterocycles. The number of likely N-dealkylation sites (N-methyl/N-ethyl adjacent to an activating group) is 1. The molecule has 0 aliphatic carbocycles. The molecule has 0 spiro atoms. The number of carbonyl (C=O) groups excluding carboxylic acids is 3. The van der Waals surface area contributed by atoms with E-state index in [0.717, 1.165) is 24.9 Å². The Morgan fingerprint density at radius 3 is 2.47 bits per heavy atom. The number of nitrogens with one attached hydrogen (secondary N) is 2. The fourth-order valence-corrected chi connectivity index (χ4v) is 4.61. The fraction of sp³-hybridized carbons (Fsp3) is 0.593. The zero-order valence-corrected chi connectivity index (χ0v) is 22.3. The van der Waals surface area contributed by atoms with Gasteiger partial charge in [-0.3, -0.25) is 9.80 Å². The highest BCUT2D eigenvalue weighted by Gasteiger charge is 2.37. The Morgan fingerprint density at radius 1 is 1.11 bits per heavy atom. The Balaban J connectivity index is 1.89. The van der Waals surface area contributed by atoms with Crippen molar-refractivity contribution in [3.05, 3.63) is 46.7 Å². The van der Waals surface area contributed by atoms with Gasteiger partial charge in [0.15, 0.2) is 0 Å². The molecule has 2 N–H and O–H groups in total. The molecule has 9 heteroatoms. The van der Waals surface area contributed by atoms with E-state index in [0.29, 0.717) is 49.9 Å². The first kappa shape index (κ1) is 27.5. The quantitative estimate of drug-likeness (QED) is 0.535. The molecule has 1 atom stereocenters. The number of esters is 1. The van der Waals surface area contributed by atoms with Gasteiger partial charge < -0.3 is 20.3 Å². The zero-order chi connectivity index (χ0) is 26.2. The lowest BCUT2D eigenvalue weighted by molar-refractivity contribution is -0.139. The molecule has 1 aromatic carbocycles. The van der Waals surface area contributed by atoms with Gasteiger partial charge in [0.1, 0.15) is 0 Å². The minimum atomic E-state index is -0.590. The van der Waals surface area contributed by atoms with Crippen molar-refractivity contribution in [1.29, 1.82) is 0 Å². The van der Waals surface area contributed by atoms with Crippen molar-refractivity contribution in [2.45, 2.75) is 52.5 Å². The van der Waals surface area contributed by atoms with Crippen LogP contribution in [0.1, 0.15) is 63.6 Å². The summed E-state index contributed by atoms with van der Waals surface area (Å²) in [6.45, 7) is 12.1. The summed E-state index contributed by atoms with van der Waals surface area (Å²) in [5.41, 5.74) is 3.13. The summed E-state index contributed by atoms with van der Waals surface area (Å²) in [6.07, 6.45) is 1.71. The first-order chi connectivity index (χ1) is 17.3. The monoisotopic (exact) mass is 499 g/mol. The molecule has 2 aliphatic rings. The largest absolute Gasteiger partial charge is 0.463 e. The summed E-state index contributed by atoms with van der Waals surface area (Å²) in [4.78, 5) is 44.2. The highest BCUT2D eigenvalue weighted by Crippen LogP contribution is 2.32. The predicted octanol–water partition coefficient (Wildman–Crippen LogP) is 3.45. The van der Waals surface area contributed by atoms with Crippen LogP contribution in [0.2, 0.25) is 0 Å². The molecule has 9 nitrogen and oxygen atoms in total. The molecule has 0 unspecified atom stereocenters. The van der Waals surface area contributed by atoms with Crippen molar-refractivity contribution in [3.8, 4) is 0 Å². The van der Waals surface area contributed by atoms with Crippen LogP contribution in [0.3, 0.4) is 0 Å². The second kappa shape index (κ2) is 12.8. The van der Waals surface area contributed by atoms with Crippen LogP contribution in [0.4, 0.5) is 9.59 Å². The number of hydrogen-bond donors (Lipinski definition) is 2. The van der Waals surface area contributed by atoms with E-state index in [1.165, 1.54) is 10.5 Å². The van der Waals surface area contributed by atoms with Gasteiger partial charge in [-0.05, 0) is 36.8 Å². The van der Waals surface area contributed by atoms with E-state index < -0.39 is 12.0 Å². The highest BCUT2D eigenvalue weighted by atomic mass is 16.5. The van der Waals surface area contributed by atoms with Gasteiger partial charge in [0.25, 0.3) is 0 Å². The molecule has 0 radical (unpaired) electrons. The lowest BCUT2D eigenvalue weighted by Crippen LogP contribution is -2.49. The molecule has 2 heterocycles. The van der Waals surface area contributed by atoms with Crippen molar-refractivity contribution >= 4 is 18.0 Å². The molecule has 3 rings (SSSR count). The topological polar surface area (TPSA) is 94.2 Å². The van der Waals surface area contributed by atoms with Gasteiger partial charge in [0.05, 0.1) is 18.2 Å². The van der Waals surface area contributed by atoms with Crippen LogP contribution < -0.4 is 10.6 Å². The third kappa shape index (κ3) is 6.57. The maximum Gasteiger partial charge on any atom is 0.338 e. The Morgan fingerprint density at radius 2 is 1.83 bits per heavy atom. The molecule has 1 aromatic rings. The van der Waals surface area contributed by atoms with Crippen LogP contribution in [0.5, 0.6) is 0 Å². The molecular formula is C27H41N5O4. The standard InChI is InChI=1S/C27H41N5O4/c1-6-13-28-26(34)32-15-8-14-31(16-17-32)18-22-23(25(33)36-7-2)24(29-27(35)30(22)5)21-11-9-20(10-12-21)19(3)4/h9-12,19,24H,6-8,13-18H2,1-5H3,(H,28,34)(H,29,35)/t24-/m0/s1. The van der Waals surface area contributed by atoms with Crippen molar-refractivity contribution in [2.75, 3.05) is 52.9 Å². The number of benzene rings is 1. The smallest absolute Gasteiger partial charge is 0.338 e. The molecule has 198 valence electrons. The van der Waals surface area contributed by atoms with E-state index in [9.17, 15) is 14.4 Å². The summed E-state index contributed by atoms with van der Waals surface area (Å²) in [7, 11) is 1.68. The highest BCUT2D eigenvalue weighted by molar-refractivity contribution is 5.95. The molecule has 1 fully saturated rings. The van der Waals surface area contributed by atoms with Crippen molar-refractivity contribution in [1.82, 2.24) is 25.3 Å². The first-order valence-corrected chi connectivity index (χ1v) is 13.1. The average molecular weight is 500 g/mol. The van der Waals surface area contributed by atoms with Crippen molar-refractivity contribution in [2.24, 2.45) is 0 Å². The molecule has 4 amide bonds. The summed E-state index contributed by atoms with van der Waals surface area (Å²) in [5, 5.41) is 5.94. The molecule has 36 heavy (non-hydrogen) atoms. The predicted molar refractivity (Wildman–Crippen MR) is 140 cm³/mol. The van der Waals surface area contributed by atoms with Crippen LogP contribution in [0.25, 0.3) is 0 Å². The summed E-state index contributed by atoms with van der Waals surface area (Å²) in [6, 6.07) is 7.14. The normalized spacial score (nSPS) is 19.3. The van der Waals surface area contributed by atoms with E-state index in [1.54, 1.807) is 14.0 Å². The van der Waals surface area contributed by atoms with Gasteiger partial charge in [0, 0.05) is 52.0 Å². The maximum atomic E-state index is 13.2. The van der Waals surface area contributed by atoms with Crippen LogP contribution in [0.15, 0.2) is 35.5 Å². The van der Waals surface area contributed by atoms with Gasteiger partial charge in [-0.25, -0.2) is 14.4 Å². The summed E-state index contributed by atoms with van der Waals surface area (Å²) < 4.78 is 5.45. The second-order valence-corrected chi connectivity index (χ2v) is 9.69. The number of amides is 4. The van der Waals surface area contributed by atoms with E-state index in [1.807, 2.05) is 36.1 Å². The second-order valence-electron chi connectivity index (χ2n) is 9.69. The van der Waals surface area contributed by atoms with Gasteiger partial charge >= 0.3 is 18.0 Å². The lowest BCUT2D eigenvalue weighted by atomic mass is 9.92. The van der Waals surface area contributed by atoms with E-state index >= 15 is 0 Å². The SMILES string of the molecule is CCCNC(=O)N1CCCN(CC2=C(C(=O)OCC)[C@H](c3ccc(C(C)C)cc3)NC(=O)N2C)CC1. The fourth-order valence-electron chi connectivity index (χ4n) is 4.61. The van der Waals surface area contributed by atoms with Gasteiger partial charge in [0.2, 0.25) is 0 Å². The van der Waals surface area contributed by atoms with Crippen LogP contribution in [0, 0.1) is 0 Å². The molecular weight excluding hydrogens is 458 g/mol. The Hall–Kier alpha value is -3.07. The zero-order valence-electron chi connectivity index (χ0n) is 22.3.